The maximum Gasteiger partial charge on any atom is 0.409 e. The number of aromatic nitrogens is 2. The number of nitrogens with zero attached hydrogens (tertiary/aromatic N) is 4. The molecule has 0 saturated carbocycles. The monoisotopic (exact) mass is 369 g/mol. The second-order valence-electron chi connectivity index (χ2n) is 6.79. The van der Waals surface area contributed by atoms with Gasteiger partial charge in [-0.25, -0.2) is 9.78 Å². The summed E-state index contributed by atoms with van der Waals surface area (Å²) in [6.07, 6.45) is -0.251. The molecule has 27 heavy (non-hydrogen) atoms. The van der Waals surface area contributed by atoms with Crippen LogP contribution in [0.3, 0.4) is 0 Å². The minimum atomic E-state index is -0.251. The van der Waals surface area contributed by atoms with E-state index in [9.17, 15) is 4.79 Å². The number of hydrogen-bond acceptors (Lipinski definition) is 6. The third-order valence-electron chi connectivity index (χ3n) is 4.71. The van der Waals surface area contributed by atoms with Crippen LogP contribution in [0.1, 0.15) is 23.7 Å². The number of benzene rings is 1. The highest BCUT2D eigenvalue weighted by molar-refractivity contribution is 5.68. The summed E-state index contributed by atoms with van der Waals surface area (Å²) in [6.45, 7) is 11.0. The van der Waals surface area contributed by atoms with Crippen LogP contribution >= 0.6 is 0 Å². The van der Waals surface area contributed by atoms with Gasteiger partial charge in [0.1, 0.15) is 5.82 Å². The lowest BCUT2D eigenvalue weighted by Gasteiger charge is -2.34. The molecule has 0 spiro atoms. The van der Waals surface area contributed by atoms with Crippen molar-refractivity contribution in [3.05, 3.63) is 41.1 Å². The van der Waals surface area contributed by atoms with Crippen LogP contribution < -0.4 is 10.2 Å². The molecule has 1 N–H and O–H groups in total. The van der Waals surface area contributed by atoms with Gasteiger partial charge in [-0.2, -0.15) is 4.98 Å². The van der Waals surface area contributed by atoms with Crippen LogP contribution in [0.15, 0.2) is 24.3 Å². The van der Waals surface area contributed by atoms with Crippen molar-refractivity contribution >= 4 is 23.5 Å². The van der Waals surface area contributed by atoms with E-state index < -0.39 is 0 Å². The molecule has 0 atom stereocenters. The number of nitrogens with one attached hydrogen (secondary N) is 1. The van der Waals surface area contributed by atoms with Gasteiger partial charge in [-0.05, 0) is 51.0 Å². The number of aryl methyl sites for hydroxylation is 3. The largest absolute Gasteiger partial charge is 0.450 e. The van der Waals surface area contributed by atoms with Crippen molar-refractivity contribution in [3.63, 3.8) is 0 Å². The lowest BCUT2D eigenvalue weighted by Crippen LogP contribution is -2.49. The summed E-state index contributed by atoms with van der Waals surface area (Å²) in [6, 6.07) is 8.21. The highest BCUT2D eigenvalue weighted by atomic mass is 16.6. The van der Waals surface area contributed by atoms with Crippen LogP contribution in [0.2, 0.25) is 0 Å². The third kappa shape index (κ3) is 4.67. The van der Waals surface area contributed by atoms with E-state index in [0.717, 1.165) is 17.2 Å². The van der Waals surface area contributed by atoms with Gasteiger partial charge in [0.2, 0.25) is 5.95 Å². The smallest absolute Gasteiger partial charge is 0.409 e. The van der Waals surface area contributed by atoms with Crippen LogP contribution in [-0.4, -0.2) is 53.7 Å². The molecule has 144 valence electrons. The summed E-state index contributed by atoms with van der Waals surface area (Å²) in [7, 11) is 0. The lowest BCUT2D eigenvalue weighted by molar-refractivity contribution is 0.105. The molecule has 2 aromatic rings. The van der Waals surface area contributed by atoms with Crippen LogP contribution in [0, 0.1) is 20.8 Å². The highest BCUT2D eigenvalue weighted by Crippen LogP contribution is 2.21. The van der Waals surface area contributed by atoms with Gasteiger partial charge >= 0.3 is 6.09 Å². The standard InChI is InChI=1S/C20H27N5O2/c1-5-27-20(26)25-10-8-24(9-11-25)19-21-16(4)13-18(23-19)22-17-7-6-14(2)15(3)12-17/h6-7,12-13H,5,8-11H2,1-4H3,(H,21,22,23). The maximum absolute atomic E-state index is 11.8. The molecule has 1 amide bonds. The number of piperazine rings is 1. The summed E-state index contributed by atoms with van der Waals surface area (Å²) < 4.78 is 5.07. The number of carbonyl (C=O) groups is 1. The van der Waals surface area contributed by atoms with Gasteiger partial charge in [-0.1, -0.05) is 6.07 Å². The molecule has 1 aliphatic rings. The topological polar surface area (TPSA) is 70.6 Å². The molecule has 7 nitrogen and oxygen atoms in total. The van der Waals surface area contributed by atoms with Crippen molar-refractivity contribution < 1.29 is 9.53 Å². The quantitative estimate of drug-likeness (QED) is 0.890. The van der Waals surface area contributed by atoms with Gasteiger partial charge < -0.3 is 19.9 Å². The number of hydrogen-bond donors (Lipinski definition) is 1. The van der Waals surface area contributed by atoms with Crippen molar-refractivity contribution in [2.24, 2.45) is 0 Å². The normalized spacial score (nSPS) is 14.2. The SMILES string of the molecule is CCOC(=O)N1CCN(c2nc(C)cc(Nc3ccc(C)c(C)c3)n2)CC1. The van der Waals surface area contributed by atoms with Gasteiger partial charge in [-0.15, -0.1) is 0 Å². The molecule has 0 bridgehead atoms. The van der Waals surface area contributed by atoms with Crippen molar-refractivity contribution in [1.29, 1.82) is 0 Å². The Bertz CT molecular complexity index is 816. The summed E-state index contributed by atoms with van der Waals surface area (Å²) >= 11 is 0. The predicted octanol–water partition coefficient (Wildman–Crippen LogP) is 3.42. The third-order valence-corrected chi connectivity index (χ3v) is 4.71. The van der Waals surface area contributed by atoms with Crippen molar-refractivity contribution in [3.8, 4) is 0 Å². The average Bonchev–Trinajstić information content (AvgIpc) is 2.65. The lowest BCUT2D eigenvalue weighted by atomic mass is 10.1. The molecule has 2 heterocycles. The summed E-state index contributed by atoms with van der Waals surface area (Å²) in [4.78, 5) is 24.9. The van der Waals surface area contributed by atoms with Gasteiger partial charge in [-0.3, -0.25) is 0 Å². The molecule has 1 aliphatic heterocycles. The average molecular weight is 369 g/mol. The molecule has 1 fully saturated rings. The van der Waals surface area contributed by atoms with E-state index in [2.05, 4.69) is 52.2 Å². The molecule has 1 aromatic heterocycles. The number of rotatable bonds is 4. The van der Waals surface area contributed by atoms with Gasteiger partial charge in [0, 0.05) is 43.6 Å². The van der Waals surface area contributed by atoms with E-state index in [1.807, 2.05) is 19.9 Å². The molecule has 1 aromatic carbocycles. The minimum absolute atomic E-state index is 0.251. The first-order valence-corrected chi connectivity index (χ1v) is 9.33. The van der Waals surface area contributed by atoms with Gasteiger partial charge in [0.15, 0.2) is 0 Å². The first-order valence-electron chi connectivity index (χ1n) is 9.33. The number of ether oxygens (including phenoxy) is 1. The molecule has 7 heteroatoms. The second-order valence-corrected chi connectivity index (χ2v) is 6.79. The first-order chi connectivity index (χ1) is 13.0. The minimum Gasteiger partial charge on any atom is -0.450 e. The Balaban J connectivity index is 1.70. The predicted molar refractivity (Wildman–Crippen MR) is 107 cm³/mol. The fourth-order valence-corrected chi connectivity index (χ4v) is 3.03. The van der Waals surface area contributed by atoms with E-state index in [0.29, 0.717) is 38.7 Å². The second kappa shape index (κ2) is 8.24. The molecule has 0 aliphatic carbocycles. The number of anilines is 3. The van der Waals surface area contributed by atoms with E-state index in [1.165, 1.54) is 11.1 Å². The van der Waals surface area contributed by atoms with Crippen LogP contribution in [0.5, 0.6) is 0 Å². The van der Waals surface area contributed by atoms with Crippen LogP contribution in [-0.2, 0) is 4.74 Å². The Morgan fingerprint density at radius 3 is 2.48 bits per heavy atom. The Hall–Kier alpha value is -2.83. The zero-order valence-corrected chi connectivity index (χ0v) is 16.5. The summed E-state index contributed by atoms with van der Waals surface area (Å²) in [5.74, 6) is 1.46. The molecule has 3 rings (SSSR count). The number of amides is 1. The molecular formula is C20H27N5O2. The Morgan fingerprint density at radius 2 is 1.81 bits per heavy atom. The summed E-state index contributed by atoms with van der Waals surface area (Å²) in [5, 5.41) is 3.37. The van der Waals surface area contributed by atoms with Crippen LogP contribution in [0.25, 0.3) is 0 Å². The zero-order valence-electron chi connectivity index (χ0n) is 16.5. The van der Waals surface area contributed by atoms with E-state index in [4.69, 9.17) is 4.74 Å². The fourth-order valence-electron chi connectivity index (χ4n) is 3.03. The molecule has 0 radical (unpaired) electrons. The van der Waals surface area contributed by atoms with Crippen molar-refractivity contribution in [2.75, 3.05) is 43.0 Å². The maximum atomic E-state index is 11.8. The first kappa shape index (κ1) is 18.9. The van der Waals surface area contributed by atoms with Gasteiger partial charge in [0.25, 0.3) is 0 Å². The Kier molecular flexibility index (Phi) is 5.78. The van der Waals surface area contributed by atoms with Gasteiger partial charge in [0.05, 0.1) is 6.61 Å². The highest BCUT2D eigenvalue weighted by Gasteiger charge is 2.23. The molecule has 0 unspecified atom stereocenters. The van der Waals surface area contributed by atoms with E-state index >= 15 is 0 Å². The van der Waals surface area contributed by atoms with E-state index in [1.54, 1.807) is 4.90 Å². The summed E-state index contributed by atoms with van der Waals surface area (Å²) in [5.41, 5.74) is 4.41. The molecule has 1 saturated heterocycles. The van der Waals surface area contributed by atoms with E-state index in [-0.39, 0.29) is 6.09 Å². The van der Waals surface area contributed by atoms with Crippen molar-refractivity contribution in [2.45, 2.75) is 27.7 Å². The van der Waals surface area contributed by atoms with Crippen molar-refractivity contribution in [1.82, 2.24) is 14.9 Å². The Labute approximate surface area is 160 Å². The fraction of sp³-hybridized carbons (Fsp3) is 0.450. The zero-order chi connectivity index (χ0) is 19.4. The van der Waals surface area contributed by atoms with Crippen LogP contribution in [0.4, 0.5) is 22.2 Å². The number of carbonyl (C=O) groups excluding carboxylic acids is 1. The molecular weight excluding hydrogens is 342 g/mol. The Morgan fingerprint density at radius 1 is 1.07 bits per heavy atom.